The van der Waals surface area contributed by atoms with Crippen molar-refractivity contribution >= 4 is 10.2 Å². The predicted octanol–water partition coefficient (Wildman–Crippen LogP) is 1.83. The third kappa shape index (κ3) is 3.38. The van der Waals surface area contributed by atoms with Crippen LogP contribution in [-0.2, 0) is 17.3 Å². The van der Waals surface area contributed by atoms with Crippen LogP contribution < -0.4 is 0 Å². The van der Waals surface area contributed by atoms with Crippen molar-refractivity contribution in [3.05, 3.63) is 29.6 Å². The first-order valence-corrected chi connectivity index (χ1v) is 10.1. The molecule has 0 spiro atoms. The summed E-state index contributed by atoms with van der Waals surface area (Å²) in [5.74, 6) is 1.45. The van der Waals surface area contributed by atoms with Gasteiger partial charge in [0.05, 0.1) is 23.6 Å². The molecule has 1 saturated heterocycles. The highest BCUT2D eigenvalue weighted by Gasteiger charge is 2.36. The second-order valence-electron chi connectivity index (χ2n) is 6.91. The summed E-state index contributed by atoms with van der Waals surface area (Å²) in [6.45, 7) is 4.33. The van der Waals surface area contributed by atoms with Crippen molar-refractivity contribution in [2.75, 3.05) is 20.6 Å². The smallest absolute Gasteiger partial charge is 0.282 e. The fourth-order valence-corrected chi connectivity index (χ4v) is 4.56. The van der Waals surface area contributed by atoms with Gasteiger partial charge in [0.25, 0.3) is 10.2 Å². The number of imidazole rings is 1. The van der Waals surface area contributed by atoms with Crippen LogP contribution in [0.15, 0.2) is 12.3 Å². The fourth-order valence-electron chi connectivity index (χ4n) is 3.26. The Morgan fingerprint density at radius 2 is 1.92 bits per heavy atom. The number of aromatic nitrogens is 4. The number of piperidine rings is 1. The van der Waals surface area contributed by atoms with Gasteiger partial charge in [0.15, 0.2) is 0 Å². The van der Waals surface area contributed by atoms with Gasteiger partial charge in [0.1, 0.15) is 11.6 Å². The average Bonchev–Trinajstić information content (AvgIpc) is 2.93. The van der Waals surface area contributed by atoms with Crippen molar-refractivity contribution < 1.29 is 8.42 Å². The van der Waals surface area contributed by atoms with Crippen LogP contribution in [0.5, 0.6) is 0 Å². The second-order valence-corrected chi connectivity index (χ2v) is 9.01. The summed E-state index contributed by atoms with van der Waals surface area (Å²) in [5, 5.41) is 0. The third-order valence-corrected chi connectivity index (χ3v) is 6.82. The summed E-state index contributed by atoms with van der Waals surface area (Å²) in [7, 11) is 1.54. The van der Waals surface area contributed by atoms with Crippen LogP contribution in [-0.4, -0.2) is 57.2 Å². The highest BCUT2D eigenvalue weighted by Crippen LogP contribution is 2.33. The summed E-state index contributed by atoms with van der Waals surface area (Å²) in [6.07, 6.45) is 4.32. The van der Waals surface area contributed by atoms with Crippen molar-refractivity contribution in [1.29, 1.82) is 0 Å². The molecule has 2 aromatic rings. The van der Waals surface area contributed by atoms with E-state index in [0.717, 1.165) is 42.2 Å². The van der Waals surface area contributed by atoms with E-state index in [9.17, 15) is 8.42 Å². The van der Waals surface area contributed by atoms with Crippen LogP contribution in [0.4, 0.5) is 0 Å². The van der Waals surface area contributed by atoms with E-state index in [-0.39, 0.29) is 6.04 Å². The van der Waals surface area contributed by atoms with E-state index in [4.69, 9.17) is 4.98 Å². The first-order valence-electron chi connectivity index (χ1n) is 8.75. The Labute approximate surface area is 155 Å². The van der Waals surface area contributed by atoms with E-state index >= 15 is 0 Å². The fraction of sp³-hybridized carbons (Fsp3) is 0.588. The quantitative estimate of drug-likeness (QED) is 0.810. The summed E-state index contributed by atoms with van der Waals surface area (Å²) in [6, 6.07) is 1.57. The Morgan fingerprint density at radius 1 is 1.19 bits per heavy atom. The van der Waals surface area contributed by atoms with E-state index in [2.05, 4.69) is 9.97 Å². The minimum absolute atomic E-state index is 0.343. The Balaban J connectivity index is 2.06. The molecule has 2 aromatic heterocycles. The Kier molecular flexibility index (Phi) is 5.14. The van der Waals surface area contributed by atoms with Gasteiger partial charge in [-0.2, -0.15) is 17.0 Å². The standard InChI is InChI=1S/C17H26N6O2S/c1-12-10-14(16-11-18-13(2)22(16)5)20-17(19-12)15-8-6-7-9-23(15)26(24,25)21(3)4/h10-11,15H,6-9H2,1-5H3. The molecule has 0 bridgehead atoms. The summed E-state index contributed by atoms with van der Waals surface area (Å²) < 4.78 is 30.3. The van der Waals surface area contributed by atoms with Crippen molar-refractivity contribution in [1.82, 2.24) is 28.1 Å². The predicted molar refractivity (Wildman–Crippen MR) is 99.6 cm³/mol. The van der Waals surface area contributed by atoms with Gasteiger partial charge >= 0.3 is 0 Å². The third-order valence-electron chi connectivity index (χ3n) is 4.86. The van der Waals surface area contributed by atoms with E-state index in [1.807, 2.05) is 31.5 Å². The molecule has 0 aromatic carbocycles. The van der Waals surface area contributed by atoms with E-state index in [1.165, 1.54) is 8.61 Å². The minimum Gasteiger partial charge on any atom is -0.330 e. The molecule has 1 aliphatic rings. The molecule has 3 rings (SSSR count). The molecule has 0 saturated carbocycles. The van der Waals surface area contributed by atoms with Gasteiger partial charge in [-0.1, -0.05) is 6.42 Å². The Hall–Kier alpha value is -1.84. The van der Waals surface area contributed by atoms with E-state index in [1.54, 1.807) is 20.3 Å². The maximum absolute atomic E-state index is 12.7. The molecule has 8 nitrogen and oxygen atoms in total. The highest BCUT2D eigenvalue weighted by atomic mass is 32.2. The normalized spacial score (nSPS) is 19.2. The maximum atomic E-state index is 12.7. The molecule has 1 fully saturated rings. The Bertz CT molecular complexity index is 906. The topological polar surface area (TPSA) is 84.2 Å². The molecule has 9 heteroatoms. The lowest BCUT2D eigenvalue weighted by Gasteiger charge is -2.35. The van der Waals surface area contributed by atoms with Gasteiger partial charge in [-0.05, 0) is 32.8 Å². The second kappa shape index (κ2) is 7.05. The number of nitrogens with zero attached hydrogens (tertiary/aromatic N) is 6. The first kappa shape index (κ1) is 18.9. The van der Waals surface area contributed by atoms with E-state index in [0.29, 0.717) is 12.4 Å². The SMILES string of the molecule is Cc1cc(-c2cnc(C)n2C)nc(C2CCCCN2S(=O)(=O)N(C)C)n1. The highest BCUT2D eigenvalue weighted by molar-refractivity contribution is 7.86. The van der Waals surface area contributed by atoms with Gasteiger partial charge in [-0.3, -0.25) is 0 Å². The average molecular weight is 379 g/mol. The largest absolute Gasteiger partial charge is 0.330 e. The molecule has 0 aliphatic carbocycles. The summed E-state index contributed by atoms with van der Waals surface area (Å²) in [4.78, 5) is 13.6. The molecule has 0 radical (unpaired) electrons. The van der Waals surface area contributed by atoms with Crippen LogP contribution >= 0.6 is 0 Å². The van der Waals surface area contributed by atoms with Gasteiger partial charge in [-0.15, -0.1) is 0 Å². The van der Waals surface area contributed by atoms with Crippen LogP contribution in [0.1, 0.15) is 42.6 Å². The van der Waals surface area contributed by atoms with Crippen LogP contribution in [0.2, 0.25) is 0 Å². The lowest BCUT2D eigenvalue weighted by Crippen LogP contribution is -2.45. The zero-order valence-electron chi connectivity index (χ0n) is 16.0. The molecule has 0 N–H and O–H groups in total. The van der Waals surface area contributed by atoms with E-state index < -0.39 is 10.2 Å². The number of rotatable bonds is 4. The first-order chi connectivity index (χ1) is 12.2. The van der Waals surface area contributed by atoms with Gasteiger partial charge in [-0.25, -0.2) is 15.0 Å². The Morgan fingerprint density at radius 3 is 2.54 bits per heavy atom. The van der Waals surface area contributed by atoms with Crippen molar-refractivity contribution in [2.24, 2.45) is 7.05 Å². The lowest BCUT2D eigenvalue weighted by atomic mass is 10.0. The lowest BCUT2D eigenvalue weighted by molar-refractivity contribution is 0.234. The summed E-state index contributed by atoms with van der Waals surface area (Å²) in [5.41, 5.74) is 2.48. The van der Waals surface area contributed by atoms with Gasteiger partial charge in [0, 0.05) is 33.4 Å². The van der Waals surface area contributed by atoms with Crippen molar-refractivity contribution in [3.8, 4) is 11.4 Å². The number of aryl methyl sites for hydroxylation is 2. The molecule has 0 amide bonds. The minimum atomic E-state index is -3.52. The monoisotopic (exact) mass is 378 g/mol. The van der Waals surface area contributed by atoms with Gasteiger partial charge < -0.3 is 4.57 Å². The number of hydrogen-bond acceptors (Lipinski definition) is 5. The molecule has 142 valence electrons. The zero-order chi connectivity index (χ0) is 19.1. The molecule has 1 aliphatic heterocycles. The summed E-state index contributed by atoms with van der Waals surface area (Å²) >= 11 is 0. The van der Waals surface area contributed by atoms with Crippen LogP contribution in [0.3, 0.4) is 0 Å². The molecule has 3 heterocycles. The van der Waals surface area contributed by atoms with Crippen molar-refractivity contribution in [2.45, 2.75) is 39.2 Å². The maximum Gasteiger partial charge on any atom is 0.282 e. The zero-order valence-corrected chi connectivity index (χ0v) is 16.8. The number of hydrogen-bond donors (Lipinski definition) is 0. The molecule has 1 atom stereocenters. The molecule has 26 heavy (non-hydrogen) atoms. The molecule has 1 unspecified atom stereocenters. The van der Waals surface area contributed by atoms with Crippen molar-refractivity contribution in [3.63, 3.8) is 0 Å². The molecular weight excluding hydrogens is 352 g/mol. The van der Waals surface area contributed by atoms with Crippen LogP contribution in [0.25, 0.3) is 11.4 Å². The van der Waals surface area contributed by atoms with Gasteiger partial charge in [0.2, 0.25) is 0 Å². The molecular formula is C17H26N6O2S. The van der Waals surface area contributed by atoms with Crippen LogP contribution in [0, 0.1) is 13.8 Å².